The Morgan fingerprint density at radius 2 is 1.77 bits per heavy atom. The summed E-state index contributed by atoms with van der Waals surface area (Å²) in [6.07, 6.45) is 2.47. The number of rotatable bonds is 6. The van der Waals surface area contributed by atoms with E-state index in [2.05, 4.69) is 24.3 Å². The molecule has 0 spiro atoms. The second kappa shape index (κ2) is 8.86. The second-order valence-electron chi connectivity index (χ2n) is 6.88. The predicted octanol–water partition coefficient (Wildman–Crippen LogP) is 3.34. The SMILES string of the molecule is COc1ccc(CC(=O)N2CC[C@@H](OC)[C@H](Cc3ccccc3)C2)cc1. The molecule has 4 heteroatoms. The van der Waals surface area contributed by atoms with Crippen LogP contribution in [0.3, 0.4) is 0 Å². The second-order valence-corrected chi connectivity index (χ2v) is 6.88. The van der Waals surface area contributed by atoms with Gasteiger partial charge in [-0.1, -0.05) is 42.5 Å². The number of benzene rings is 2. The Hall–Kier alpha value is -2.33. The van der Waals surface area contributed by atoms with E-state index in [-0.39, 0.29) is 12.0 Å². The molecule has 0 unspecified atom stereocenters. The summed E-state index contributed by atoms with van der Waals surface area (Å²) in [4.78, 5) is 14.8. The molecule has 2 atom stereocenters. The van der Waals surface area contributed by atoms with E-state index in [1.54, 1.807) is 14.2 Å². The highest BCUT2D eigenvalue weighted by Crippen LogP contribution is 2.24. The van der Waals surface area contributed by atoms with Crippen LogP contribution in [-0.4, -0.2) is 44.2 Å². The fourth-order valence-electron chi connectivity index (χ4n) is 3.69. The van der Waals surface area contributed by atoms with E-state index in [1.165, 1.54) is 5.56 Å². The summed E-state index contributed by atoms with van der Waals surface area (Å²) in [7, 11) is 3.42. The average Bonchev–Trinajstić information content (AvgIpc) is 2.69. The van der Waals surface area contributed by atoms with Crippen LogP contribution >= 0.6 is 0 Å². The van der Waals surface area contributed by atoms with Crippen molar-refractivity contribution in [3.8, 4) is 5.75 Å². The van der Waals surface area contributed by atoms with Crippen LogP contribution in [-0.2, 0) is 22.4 Å². The fourth-order valence-corrected chi connectivity index (χ4v) is 3.69. The lowest BCUT2D eigenvalue weighted by Crippen LogP contribution is -2.47. The first-order chi connectivity index (χ1) is 12.7. The summed E-state index contributed by atoms with van der Waals surface area (Å²) in [6, 6.07) is 18.2. The maximum absolute atomic E-state index is 12.8. The Morgan fingerprint density at radius 3 is 2.42 bits per heavy atom. The number of hydrogen-bond acceptors (Lipinski definition) is 3. The molecule has 0 radical (unpaired) electrons. The monoisotopic (exact) mass is 353 g/mol. The van der Waals surface area contributed by atoms with E-state index < -0.39 is 0 Å². The molecule has 0 N–H and O–H groups in total. The summed E-state index contributed by atoms with van der Waals surface area (Å²) in [5.74, 6) is 1.32. The van der Waals surface area contributed by atoms with Gasteiger partial charge in [-0.2, -0.15) is 0 Å². The number of carbonyl (C=O) groups excluding carboxylic acids is 1. The van der Waals surface area contributed by atoms with Gasteiger partial charge in [0, 0.05) is 26.1 Å². The lowest BCUT2D eigenvalue weighted by Gasteiger charge is -2.38. The first-order valence-electron chi connectivity index (χ1n) is 9.17. The third-order valence-electron chi connectivity index (χ3n) is 5.17. The summed E-state index contributed by atoms with van der Waals surface area (Å²) < 4.78 is 10.9. The molecule has 2 aromatic rings. The van der Waals surface area contributed by atoms with Gasteiger partial charge in [-0.25, -0.2) is 0 Å². The molecule has 26 heavy (non-hydrogen) atoms. The van der Waals surface area contributed by atoms with Crippen molar-refractivity contribution in [2.24, 2.45) is 5.92 Å². The van der Waals surface area contributed by atoms with Gasteiger partial charge < -0.3 is 14.4 Å². The zero-order valence-corrected chi connectivity index (χ0v) is 15.6. The van der Waals surface area contributed by atoms with Gasteiger partial charge in [-0.15, -0.1) is 0 Å². The largest absolute Gasteiger partial charge is 0.497 e. The van der Waals surface area contributed by atoms with Gasteiger partial charge in [0.1, 0.15) is 5.75 Å². The van der Waals surface area contributed by atoms with Crippen LogP contribution in [0.5, 0.6) is 5.75 Å². The molecule has 0 saturated carbocycles. The first kappa shape index (κ1) is 18.5. The maximum atomic E-state index is 12.8. The normalized spacial score (nSPS) is 20.0. The predicted molar refractivity (Wildman–Crippen MR) is 102 cm³/mol. The fraction of sp³-hybridized carbons (Fsp3) is 0.409. The molecule has 1 saturated heterocycles. The smallest absolute Gasteiger partial charge is 0.227 e. The van der Waals surface area contributed by atoms with Gasteiger partial charge in [-0.05, 0) is 36.1 Å². The topological polar surface area (TPSA) is 38.8 Å². The third-order valence-corrected chi connectivity index (χ3v) is 5.17. The van der Waals surface area contributed by atoms with Crippen molar-refractivity contribution in [3.05, 3.63) is 65.7 Å². The van der Waals surface area contributed by atoms with E-state index in [0.29, 0.717) is 12.3 Å². The van der Waals surface area contributed by atoms with Gasteiger partial charge in [0.05, 0.1) is 19.6 Å². The number of hydrogen-bond donors (Lipinski definition) is 0. The van der Waals surface area contributed by atoms with Crippen LogP contribution in [0.25, 0.3) is 0 Å². The van der Waals surface area contributed by atoms with Crippen molar-refractivity contribution < 1.29 is 14.3 Å². The zero-order chi connectivity index (χ0) is 18.4. The molecule has 0 aliphatic carbocycles. The van der Waals surface area contributed by atoms with Crippen molar-refractivity contribution in [2.45, 2.75) is 25.4 Å². The number of likely N-dealkylation sites (tertiary alicyclic amines) is 1. The van der Waals surface area contributed by atoms with E-state index >= 15 is 0 Å². The molecule has 1 heterocycles. The standard InChI is InChI=1S/C22H27NO3/c1-25-20-10-8-18(9-11-20)15-22(24)23-13-12-21(26-2)19(16-23)14-17-6-4-3-5-7-17/h3-11,19,21H,12-16H2,1-2H3/t19-,21-/m1/s1. The van der Waals surface area contributed by atoms with E-state index in [0.717, 1.165) is 37.2 Å². The van der Waals surface area contributed by atoms with Crippen LogP contribution < -0.4 is 4.74 Å². The Balaban J connectivity index is 1.63. The minimum absolute atomic E-state index is 0.183. The van der Waals surface area contributed by atoms with E-state index in [1.807, 2.05) is 35.2 Å². The minimum Gasteiger partial charge on any atom is -0.497 e. The Labute approximate surface area is 155 Å². The number of piperidine rings is 1. The maximum Gasteiger partial charge on any atom is 0.227 e. The first-order valence-corrected chi connectivity index (χ1v) is 9.17. The quantitative estimate of drug-likeness (QED) is 0.799. The lowest BCUT2D eigenvalue weighted by molar-refractivity contribution is -0.134. The van der Waals surface area contributed by atoms with Crippen LogP contribution in [0.1, 0.15) is 17.5 Å². The number of nitrogens with zero attached hydrogens (tertiary/aromatic N) is 1. The molecular formula is C22H27NO3. The summed E-state index contributed by atoms with van der Waals surface area (Å²) in [6.45, 7) is 1.52. The van der Waals surface area contributed by atoms with Gasteiger partial charge >= 0.3 is 0 Å². The average molecular weight is 353 g/mol. The van der Waals surface area contributed by atoms with Crippen LogP contribution in [0.2, 0.25) is 0 Å². The van der Waals surface area contributed by atoms with Crippen molar-refractivity contribution in [1.82, 2.24) is 4.90 Å². The third kappa shape index (κ3) is 4.64. The molecule has 0 aromatic heterocycles. The number of ether oxygens (including phenoxy) is 2. The van der Waals surface area contributed by atoms with Crippen LogP contribution in [0, 0.1) is 5.92 Å². The van der Waals surface area contributed by atoms with Gasteiger partial charge in [0.15, 0.2) is 0 Å². The van der Waals surface area contributed by atoms with E-state index in [9.17, 15) is 4.79 Å². The highest BCUT2D eigenvalue weighted by atomic mass is 16.5. The highest BCUT2D eigenvalue weighted by molar-refractivity contribution is 5.79. The lowest BCUT2D eigenvalue weighted by atomic mass is 9.88. The number of carbonyl (C=O) groups is 1. The molecule has 0 bridgehead atoms. The van der Waals surface area contributed by atoms with Crippen LogP contribution in [0.4, 0.5) is 0 Å². The van der Waals surface area contributed by atoms with Crippen molar-refractivity contribution in [3.63, 3.8) is 0 Å². The van der Waals surface area contributed by atoms with Gasteiger partial charge in [0.25, 0.3) is 0 Å². The minimum atomic E-state index is 0.183. The molecule has 138 valence electrons. The summed E-state index contributed by atoms with van der Waals surface area (Å²) >= 11 is 0. The molecule has 1 aliphatic heterocycles. The van der Waals surface area contributed by atoms with Crippen molar-refractivity contribution in [1.29, 1.82) is 0 Å². The zero-order valence-electron chi connectivity index (χ0n) is 15.6. The molecule has 1 aliphatic rings. The van der Waals surface area contributed by atoms with Gasteiger partial charge in [0.2, 0.25) is 5.91 Å². The van der Waals surface area contributed by atoms with Crippen LogP contribution in [0.15, 0.2) is 54.6 Å². The Kier molecular flexibility index (Phi) is 6.29. The molecule has 1 amide bonds. The number of amides is 1. The molecule has 3 rings (SSSR count). The summed E-state index contributed by atoms with van der Waals surface area (Å²) in [5, 5.41) is 0. The van der Waals surface area contributed by atoms with E-state index in [4.69, 9.17) is 9.47 Å². The van der Waals surface area contributed by atoms with Crippen molar-refractivity contribution >= 4 is 5.91 Å². The molecule has 4 nitrogen and oxygen atoms in total. The Bertz CT molecular complexity index is 699. The molecule has 1 fully saturated rings. The highest BCUT2D eigenvalue weighted by Gasteiger charge is 2.31. The van der Waals surface area contributed by atoms with Gasteiger partial charge in [-0.3, -0.25) is 4.79 Å². The Morgan fingerprint density at radius 1 is 1.04 bits per heavy atom. The number of methoxy groups -OCH3 is 2. The molecular weight excluding hydrogens is 326 g/mol. The summed E-state index contributed by atoms with van der Waals surface area (Å²) in [5.41, 5.74) is 2.31. The molecule has 2 aromatic carbocycles. The van der Waals surface area contributed by atoms with Crippen molar-refractivity contribution in [2.75, 3.05) is 27.3 Å².